The molecule has 31 heavy (non-hydrogen) atoms. The number of benzene rings is 2. The van der Waals surface area contributed by atoms with Crippen LogP contribution in [0.5, 0.6) is 0 Å². The van der Waals surface area contributed by atoms with E-state index in [9.17, 15) is 23.6 Å². The maximum Gasteiger partial charge on any atom is 0.255 e. The zero-order chi connectivity index (χ0) is 21.9. The molecule has 0 aromatic heterocycles. The van der Waals surface area contributed by atoms with Gasteiger partial charge < -0.3 is 9.80 Å². The topological polar surface area (TPSA) is 86.8 Å². The third-order valence-corrected chi connectivity index (χ3v) is 6.20. The monoisotopic (exact) mass is 421 g/mol. The number of carbonyl (C=O) groups is 4. The minimum Gasteiger partial charge on any atom is -0.330 e. The summed E-state index contributed by atoms with van der Waals surface area (Å²) in [6, 6.07) is 7.53. The molecule has 3 heterocycles. The quantitative estimate of drug-likeness (QED) is 0.752. The number of aryl methyl sites for hydroxylation is 1. The average Bonchev–Trinajstić information content (AvgIpc) is 3.29. The second-order valence-electron chi connectivity index (χ2n) is 8.32. The minimum atomic E-state index is -0.698. The van der Waals surface area contributed by atoms with Crippen molar-refractivity contribution in [3.05, 3.63) is 69.5 Å². The van der Waals surface area contributed by atoms with Gasteiger partial charge in [-0.3, -0.25) is 24.5 Å². The fraction of sp³-hybridized carbons (Fsp3) is 0.304. The number of nitrogens with one attached hydrogen (secondary N) is 1. The molecule has 8 heteroatoms. The lowest BCUT2D eigenvalue weighted by molar-refractivity contribution is -0.136. The Hall–Kier alpha value is -3.55. The second-order valence-corrected chi connectivity index (χ2v) is 8.32. The van der Waals surface area contributed by atoms with Crippen LogP contribution >= 0.6 is 0 Å². The maximum atomic E-state index is 14.3. The lowest BCUT2D eigenvalue weighted by atomic mass is 10.0. The molecule has 1 N–H and O–H groups in total. The first-order valence-electron chi connectivity index (χ1n) is 10.2. The molecule has 3 aliphatic heterocycles. The van der Waals surface area contributed by atoms with Crippen molar-refractivity contribution in [3.8, 4) is 0 Å². The first-order chi connectivity index (χ1) is 14.8. The second kappa shape index (κ2) is 7.01. The average molecular weight is 421 g/mol. The van der Waals surface area contributed by atoms with Crippen molar-refractivity contribution in [2.24, 2.45) is 0 Å². The summed E-state index contributed by atoms with van der Waals surface area (Å²) in [7, 11) is 0. The van der Waals surface area contributed by atoms with Crippen LogP contribution in [-0.2, 0) is 29.2 Å². The molecule has 1 saturated heterocycles. The molecule has 5 rings (SSSR count). The smallest absolute Gasteiger partial charge is 0.255 e. The fourth-order valence-electron chi connectivity index (χ4n) is 4.65. The van der Waals surface area contributed by atoms with Crippen LogP contribution < -0.4 is 5.32 Å². The highest BCUT2D eigenvalue weighted by atomic mass is 19.1. The number of rotatable bonds is 2. The summed E-state index contributed by atoms with van der Waals surface area (Å²) in [5.74, 6) is -1.63. The molecule has 0 radical (unpaired) electrons. The molecule has 0 spiro atoms. The van der Waals surface area contributed by atoms with E-state index in [1.165, 1.54) is 11.0 Å². The standard InChI is InChI=1S/C23H20FN3O4/c1-12-6-14-9-26(11-17(14)18(24)7-12)22(30)13-2-3-16-15(8-13)10-27(23(16)31)19-4-5-20(28)25-21(19)29/h2-3,6-8,19H,4-5,9-11H2,1H3,(H,25,28,29). The molecule has 1 atom stereocenters. The Bertz CT molecular complexity index is 1180. The van der Waals surface area contributed by atoms with Gasteiger partial charge in [-0.05, 0) is 54.3 Å². The van der Waals surface area contributed by atoms with Gasteiger partial charge in [-0.1, -0.05) is 6.07 Å². The lowest BCUT2D eigenvalue weighted by Gasteiger charge is -2.29. The van der Waals surface area contributed by atoms with Gasteiger partial charge in [0.2, 0.25) is 11.8 Å². The van der Waals surface area contributed by atoms with Gasteiger partial charge >= 0.3 is 0 Å². The number of carbonyl (C=O) groups excluding carboxylic acids is 4. The summed E-state index contributed by atoms with van der Waals surface area (Å²) in [5, 5.41) is 2.27. The number of piperidine rings is 1. The summed E-state index contributed by atoms with van der Waals surface area (Å²) in [5.41, 5.74) is 3.70. The van der Waals surface area contributed by atoms with Crippen LogP contribution in [0, 0.1) is 12.7 Å². The number of nitrogens with zero attached hydrogens (tertiary/aromatic N) is 2. The zero-order valence-corrected chi connectivity index (χ0v) is 16.9. The van der Waals surface area contributed by atoms with E-state index in [4.69, 9.17) is 0 Å². The molecule has 158 valence electrons. The zero-order valence-electron chi connectivity index (χ0n) is 16.9. The molecule has 1 unspecified atom stereocenters. The molecular weight excluding hydrogens is 401 g/mol. The van der Waals surface area contributed by atoms with Gasteiger partial charge in [0.05, 0.1) is 0 Å². The largest absolute Gasteiger partial charge is 0.330 e. The third-order valence-electron chi connectivity index (χ3n) is 6.20. The SMILES string of the molecule is Cc1cc(F)c2c(c1)CN(C(=O)c1ccc3c(c1)CN(C1CCC(=O)NC1=O)C3=O)C2. The van der Waals surface area contributed by atoms with E-state index < -0.39 is 11.9 Å². The van der Waals surface area contributed by atoms with Gasteiger partial charge in [0.1, 0.15) is 11.9 Å². The molecule has 2 aromatic rings. The number of amides is 4. The summed E-state index contributed by atoms with van der Waals surface area (Å²) in [4.78, 5) is 52.5. The summed E-state index contributed by atoms with van der Waals surface area (Å²) in [6.07, 6.45) is 0.471. The van der Waals surface area contributed by atoms with Crippen LogP contribution in [0.2, 0.25) is 0 Å². The van der Waals surface area contributed by atoms with Gasteiger partial charge in [-0.15, -0.1) is 0 Å². The Labute approximate surface area is 177 Å². The van der Waals surface area contributed by atoms with Gasteiger partial charge in [0, 0.05) is 42.7 Å². The van der Waals surface area contributed by atoms with Crippen molar-refractivity contribution in [2.75, 3.05) is 0 Å². The van der Waals surface area contributed by atoms with Gasteiger partial charge in [-0.25, -0.2) is 4.39 Å². The normalized spacial score (nSPS) is 20.1. The summed E-state index contributed by atoms with van der Waals surface area (Å²) < 4.78 is 14.3. The van der Waals surface area contributed by atoms with Crippen LogP contribution in [0.3, 0.4) is 0 Å². The predicted molar refractivity (Wildman–Crippen MR) is 107 cm³/mol. The Kier molecular flexibility index (Phi) is 4.39. The molecule has 0 aliphatic carbocycles. The number of halogens is 1. The molecule has 0 bridgehead atoms. The Balaban J connectivity index is 1.36. The van der Waals surface area contributed by atoms with Crippen LogP contribution in [0.25, 0.3) is 0 Å². The molecular formula is C23H20FN3O4. The van der Waals surface area contributed by atoms with Crippen molar-refractivity contribution in [1.29, 1.82) is 0 Å². The van der Waals surface area contributed by atoms with E-state index >= 15 is 0 Å². The highest BCUT2D eigenvalue weighted by Crippen LogP contribution is 2.31. The van der Waals surface area contributed by atoms with E-state index in [0.717, 1.165) is 11.1 Å². The van der Waals surface area contributed by atoms with E-state index in [1.54, 1.807) is 23.1 Å². The van der Waals surface area contributed by atoms with Crippen LogP contribution in [0.4, 0.5) is 4.39 Å². The van der Waals surface area contributed by atoms with Crippen LogP contribution in [-0.4, -0.2) is 39.5 Å². The Morgan fingerprint density at radius 1 is 1.06 bits per heavy atom. The van der Waals surface area contributed by atoms with Crippen LogP contribution in [0.1, 0.15) is 55.8 Å². The predicted octanol–water partition coefficient (Wildman–Crippen LogP) is 2.05. The maximum absolute atomic E-state index is 14.3. The van der Waals surface area contributed by atoms with Gasteiger partial charge in [0.15, 0.2) is 0 Å². The Morgan fingerprint density at radius 3 is 2.65 bits per heavy atom. The number of imide groups is 1. The fourth-order valence-corrected chi connectivity index (χ4v) is 4.65. The number of hydrogen-bond donors (Lipinski definition) is 1. The molecule has 0 saturated carbocycles. The molecule has 3 aliphatic rings. The first kappa shape index (κ1) is 19.4. The summed E-state index contributed by atoms with van der Waals surface area (Å²) >= 11 is 0. The molecule has 4 amide bonds. The van der Waals surface area contributed by atoms with Crippen molar-refractivity contribution in [1.82, 2.24) is 15.1 Å². The molecule has 7 nitrogen and oxygen atoms in total. The minimum absolute atomic E-state index is 0.186. The van der Waals surface area contributed by atoms with E-state index in [1.807, 2.05) is 13.0 Å². The highest BCUT2D eigenvalue weighted by Gasteiger charge is 2.39. The number of fused-ring (bicyclic) bond motifs is 2. The molecule has 1 fully saturated rings. The lowest BCUT2D eigenvalue weighted by Crippen LogP contribution is -2.52. The number of hydrogen-bond acceptors (Lipinski definition) is 4. The third kappa shape index (κ3) is 3.19. The Morgan fingerprint density at radius 2 is 1.87 bits per heavy atom. The first-order valence-corrected chi connectivity index (χ1v) is 10.2. The van der Waals surface area contributed by atoms with Crippen molar-refractivity contribution < 1.29 is 23.6 Å². The van der Waals surface area contributed by atoms with Crippen LogP contribution in [0.15, 0.2) is 30.3 Å². The van der Waals surface area contributed by atoms with Crippen molar-refractivity contribution in [3.63, 3.8) is 0 Å². The highest BCUT2D eigenvalue weighted by molar-refractivity contribution is 6.06. The van der Waals surface area contributed by atoms with Gasteiger partial charge in [0.25, 0.3) is 11.8 Å². The summed E-state index contributed by atoms with van der Waals surface area (Å²) in [6.45, 7) is 2.57. The van der Waals surface area contributed by atoms with Crippen molar-refractivity contribution in [2.45, 2.75) is 45.4 Å². The van der Waals surface area contributed by atoms with Crippen molar-refractivity contribution >= 4 is 23.6 Å². The van der Waals surface area contributed by atoms with E-state index in [0.29, 0.717) is 28.8 Å². The van der Waals surface area contributed by atoms with E-state index in [2.05, 4.69) is 5.32 Å². The van der Waals surface area contributed by atoms with E-state index in [-0.39, 0.29) is 49.5 Å². The molecule has 2 aromatic carbocycles. The van der Waals surface area contributed by atoms with Gasteiger partial charge in [-0.2, -0.15) is 0 Å².